The van der Waals surface area contributed by atoms with Crippen LogP contribution in [0.15, 0.2) is 23.6 Å². The molecule has 1 heterocycles. The molecule has 1 aromatic carbocycles. The fourth-order valence-electron chi connectivity index (χ4n) is 1.61. The Hall–Kier alpha value is -1.88. The number of aromatic nitrogens is 1. The molecule has 0 aliphatic heterocycles. The first-order valence-corrected chi connectivity index (χ1v) is 6.38. The number of carbonyl (C=O) groups excluding carboxylic acids is 1. The van der Waals surface area contributed by atoms with Crippen molar-refractivity contribution in [2.75, 3.05) is 5.73 Å². The Morgan fingerprint density at radius 3 is 2.83 bits per heavy atom. The number of benzene rings is 1. The normalized spacial score (nSPS) is 10.3. The van der Waals surface area contributed by atoms with E-state index < -0.39 is 0 Å². The van der Waals surface area contributed by atoms with Gasteiger partial charge >= 0.3 is 5.97 Å². The van der Waals surface area contributed by atoms with E-state index in [1.165, 1.54) is 11.3 Å². The van der Waals surface area contributed by atoms with Gasteiger partial charge in [-0.15, -0.1) is 11.3 Å². The van der Waals surface area contributed by atoms with Gasteiger partial charge in [-0.05, 0) is 37.6 Å². The predicted octanol–water partition coefficient (Wildman–Crippen LogP) is 2.70. The summed E-state index contributed by atoms with van der Waals surface area (Å²) in [6, 6.07) is 5.12. The number of rotatable bonds is 3. The first-order chi connectivity index (χ1) is 8.56. The first-order valence-electron chi connectivity index (χ1n) is 5.50. The Kier molecular flexibility index (Phi) is 3.62. The van der Waals surface area contributed by atoms with Gasteiger partial charge in [-0.25, -0.2) is 9.78 Å². The molecule has 5 heteroatoms. The van der Waals surface area contributed by atoms with Crippen molar-refractivity contribution in [2.24, 2.45) is 0 Å². The van der Waals surface area contributed by atoms with Crippen LogP contribution >= 0.6 is 11.3 Å². The van der Waals surface area contributed by atoms with Crippen LogP contribution in [-0.2, 0) is 11.3 Å². The molecule has 2 N–H and O–H groups in total. The van der Waals surface area contributed by atoms with Crippen molar-refractivity contribution in [3.63, 3.8) is 0 Å². The number of aryl methyl sites for hydroxylation is 2. The van der Waals surface area contributed by atoms with E-state index in [1.54, 1.807) is 18.2 Å². The van der Waals surface area contributed by atoms with Gasteiger partial charge in [-0.2, -0.15) is 0 Å². The van der Waals surface area contributed by atoms with Crippen LogP contribution in [0.3, 0.4) is 0 Å². The number of carbonyl (C=O) groups is 1. The molecule has 0 unspecified atom stereocenters. The number of nitrogens with two attached hydrogens (primary N) is 1. The zero-order valence-corrected chi connectivity index (χ0v) is 11.1. The summed E-state index contributed by atoms with van der Waals surface area (Å²) in [5.74, 6) is -0.349. The van der Waals surface area contributed by atoms with Crippen molar-refractivity contribution < 1.29 is 9.53 Å². The van der Waals surface area contributed by atoms with Crippen molar-refractivity contribution in [1.82, 2.24) is 4.98 Å². The zero-order chi connectivity index (χ0) is 13.1. The summed E-state index contributed by atoms with van der Waals surface area (Å²) < 4.78 is 5.21. The molecule has 2 aromatic rings. The summed E-state index contributed by atoms with van der Waals surface area (Å²) in [6.45, 7) is 3.95. The molecule has 0 bridgehead atoms. The highest BCUT2D eigenvalue weighted by Crippen LogP contribution is 2.15. The smallest absolute Gasteiger partial charge is 0.338 e. The third kappa shape index (κ3) is 2.87. The van der Waals surface area contributed by atoms with Gasteiger partial charge in [0.25, 0.3) is 0 Å². The van der Waals surface area contributed by atoms with E-state index in [-0.39, 0.29) is 12.6 Å². The van der Waals surface area contributed by atoms with Crippen molar-refractivity contribution >= 4 is 23.0 Å². The van der Waals surface area contributed by atoms with Crippen molar-refractivity contribution in [3.8, 4) is 0 Å². The topological polar surface area (TPSA) is 65.2 Å². The van der Waals surface area contributed by atoms with Gasteiger partial charge in [0.05, 0.1) is 16.3 Å². The highest BCUT2D eigenvalue weighted by molar-refractivity contribution is 7.09. The van der Waals surface area contributed by atoms with Crippen molar-refractivity contribution in [2.45, 2.75) is 20.5 Å². The van der Waals surface area contributed by atoms with Crippen LogP contribution in [0, 0.1) is 13.8 Å². The van der Waals surface area contributed by atoms with Crippen LogP contribution in [0.25, 0.3) is 0 Å². The molecule has 94 valence electrons. The lowest BCUT2D eigenvalue weighted by atomic mass is 10.1. The number of thiazole rings is 1. The number of nitrogens with zero attached hydrogens (tertiary/aromatic N) is 1. The second-order valence-corrected chi connectivity index (χ2v) is 5.07. The molecule has 0 saturated carbocycles. The standard InChI is InChI=1S/C13H14N2O2S/c1-8-5-10(14)3-4-12(8)13(16)17-6-11-7-18-9(2)15-11/h3-5,7H,6,14H2,1-2H3. The van der Waals surface area contributed by atoms with E-state index in [2.05, 4.69) is 4.98 Å². The van der Waals surface area contributed by atoms with Crippen molar-refractivity contribution in [1.29, 1.82) is 0 Å². The molecular formula is C13H14N2O2S. The molecule has 0 fully saturated rings. The van der Waals surface area contributed by atoms with E-state index in [0.717, 1.165) is 16.3 Å². The van der Waals surface area contributed by atoms with Gasteiger partial charge in [-0.1, -0.05) is 0 Å². The third-order valence-corrected chi connectivity index (χ3v) is 3.31. The highest BCUT2D eigenvalue weighted by Gasteiger charge is 2.11. The summed E-state index contributed by atoms with van der Waals surface area (Å²) in [5, 5.41) is 2.85. The average Bonchev–Trinajstić information content (AvgIpc) is 2.72. The monoisotopic (exact) mass is 262 g/mol. The predicted molar refractivity (Wildman–Crippen MR) is 71.6 cm³/mol. The second-order valence-electron chi connectivity index (χ2n) is 4.01. The van der Waals surface area contributed by atoms with Gasteiger partial charge in [0.2, 0.25) is 0 Å². The second kappa shape index (κ2) is 5.18. The van der Waals surface area contributed by atoms with Crippen LogP contribution in [0.4, 0.5) is 5.69 Å². The Labute approximate surface area is 109 Å². The fraction of sp³-hybridized carbons (Fsp3) is 0.231. The highest BCUT2D eigenvalue weighted by atomic mass is 32.1. The maximum Gasteiger partial charge on any atom is 0.338 e. The summed E-state index contributed by atoms with van der Waals surface area (Å²) in [4.78, 5) is 16.1. The number of esters is 1. The Bertz CT molecular complexity index is 578. The van der Waals surface area contributed by atoms with E-state index in [0.29, 0.717) is 11.3 Å². The molecule has 0 spiro atoms. The number of hydrogen-bond acceptors (Lipinski definition) is 5. The van der Waals surface area contributed by atoms with E-state index in [4.69, 9.17) is 10.5 Å². The van der Waals surface area contributed by atoms with E-state index in [9.17, 15) is 4.79 Å². The van der Waals surface area contributed by atoms with Gasteiger partial charge in [0.15, 0.2) is 0 Å². The van der Waals surface area contributed by atoms with Crippen LogP contribution in [0.1, 0.15) is 26.6 Å². The summed E-state index contributed by atoms with van der Waals surface area (Å²) in [7, 11) is 0. The summed E-state index contributed by atoms with van der Waals surface area (Å²) in [5.41, 5.74) is 8.40. The fourth-order valence-corrected chi connectivity index (χ4v) is 2.20. The minimum Gasteiger partial charge on any atom is -0.456 e. The first kappa shape index (κ1) is 12.6. The number of hydrogen-bond donors (Lipinski definition) is 1. The van der Waals surface area contributed by atoms with Crippen LogP contribution in [0.5, 0.6) is 0 Å². The van der Waals surface area contributed by atoms with Crippen LogP contribution in [0.2, 0.25) is 0 Å². The van der Waals surface area contributed by atoms with Gasteiger partial charge < -0.3 is 10.5 Å². The number of nitrogen functional groups attached to an aromatic ring is 1. The molecular weight excluding hydrogens is 248 g/mol. The Balaban J connectivity index is 2.03. The van der Waals surface area contributed by atoms with Crippen LogP contribution < -0.4 is 5.73 Å². The molecule has 0 atom stereocenters. The quantitative estimate of drug-likeness (QED) is 0.682. The van der Waals surface area contributed by atoms with Gasteiger partial charge in [0, 0.05) is 11.1 Å². The van der Waals surface area contributed by atoms with E-state index >= 15 is 0 Å². The van der Waals surface area contributed by atoms with Gasteiger partial charge in [-0.3, -0.25) is 0 Å². The molecule has 0 amide bonds. The maximum atomic E-state index is 11.9. The average molecular weight is 262 g/mol. The van der Waals surface area contributed by atoms with Gasteiger partial charge in [0.1, 0.15) is 6.61 Å². The Morgan fingerprint density at radius 1 is 1.44 bits per heavy atom. The number of ether oxygens (including phenoxy) is 1. The third-order valence-electron chi connectivity index (χ3n) is 2.49. The molecule has 0 saturated heterocycles. The molecule has 4 nitrogen and oxygen atoms in total. The summed E-state index contributed by atoms with van der Waals surface area (Å²) >= 11 is 1.54. The van der Waals surface area contributed by atoms with Crippen molar-refractivity contribution in [3.05, 3.63) is 45.4 Å². The molecule has 1 aromatic heterocycles. The minimum absolute atomic E-state index is 0.201. The largest absolute Gasteiger partial charge is 0.456 e. The lowest BCUT2D eigenvalue weighted by Crippen LogP contribution is -2.07. The maximum absolute atomic E-state index is 11.9. The summed E-state index contributed by atoms with van der Waals surface area (Å²) in [6.07, 6.45) is 0. The minimum atomic E-state index is -0.349. The molecule has 0 aliphatic rings. The molecule has 18 heavy (non-hydrogen) atoms. The number of anilines is 1. The van der Waals surface area contributed by atoms with E-state index in [1.807, 2.05) is 19.2 Å². The molecule has 2 rings (SSSR count). The van der Waals surface area contributed by atoms with Crippen LogP contribution in [-0.4, -0.2) is 11.0 Å². The molecule has 0 radical (unpaired) electrons. The molecule has 0 aliphatic carbocycles. The zero-order valence-electron chi connectivity index (χ0n) is 10.3. The lowest BCUT2D eigenvalue weighted by Gasteiger charge is -2.06. The Morgan fingerprint density at radius 2 is 2.22 bits per heavy atom. The SMILES string of the molecule is Cc1nc(COC(=O)c2ccc(N)cc2C)cs1. The lowest BCUT2D eigenvalue weighted by molar-refractivity contribution is 0.0467.